The molecule has 0 aliphatic carbocycles. The summed E-state index contributed by atoms with van der Waals surface area (Å²) in [4.78, 5) is 3.50. The molecule has 0 rings (SSSR count). The van der Waals surface area contributed by atoms with Crippen molar-refractivity contribution in [2.45, 2.75) is 45.8 Å². The summed E-state index contributed by atoms with van der Waals surface area (Å²) in [7, 11) is 0. The minimum absolute atomic E-state index is 0.150. The topological polar surface area (TPSA) is 13.6 Å². The van der Waals surface area contributed by atoms with Crippen molar-refractivity contribution >= 4 is 0 Å². The van der Waals surface area contributed by atoms with Crippen LogP contribution < -0.4 is 0 Å². The normalized spacial score (nSPS) is 15.5. The second kappa shape index (κ2) is 6.18. The van der Waals surface area contributed by atoms with Crippen molar-refractivity contribution < 1.29 is 4.74 Å². The smallest absolute Gasteiger partial charge is 0.225 e. The number of nitrogens with zero attached hydrogens (tertiary/aromatic N) is 1. The third-order valence-corrected chi connectivity index (χ3v) is 1.71. The van der Waals surface area contributed by atoms with Gasteiger partial charge in [0.05, 0.1) is 6.10 Å². The average Bonchev–Trinajstić information content (AvgIpc) is 2.01. The molecule has 2 nitrogen and oxygen atoms in total. The van der Waals surface area contributed by atoms with Crippen LogP contribution in [0.15, 0.2) is 0 Å². The van der Waals surface area contributed by atoms with E-state index >= 15 is 0 Å². The van der Waals surface area contributed by atoms with E-state index in [9.17, 15) is 0 Å². The summed E-state index contributed by atoms with van der Waals surface area (Å²) in [5.74, 6) is 0. The van der Waals surface area contributed by atoms with E-state index in [1.165, 1.54) is 0 Å². The maximum Gasteiger partial charge on any atom is 0.225 e. The van der Waals surface area contributed by atoms with Crippen LogP contribution in [0.5, 0.6) is 0 Å². The summed E-state index contributed by atoms with van der Waals surface area (Å²) < 4.78 is 5.33. The standard InChI is InChI=1S/C9H17NO/c1-5-9(10-4)7-8(3)11-6-2/h8-9H,5-7H2,1-3H3. The zero-order valence-electron chi connectivity index (χ0n) is 7.63. The first-order valence-corrected chi connectivity index (χ1v) is 4.22. The Kier molecular flexibility index (Phi) is 5.87. The molecular weight excluding hydrogens is 138 g/mol. The van der Waals surface area contributed by atoms with Gasteiger partial charge in [-0.2, -0.15) is 0 Å². The monoisotopic (exact) mass is 155 g/mol. The molecule has 0 aromatic heterocycles. The molecule has 0 heterocycles. The van der Waals surface area contributed by atoms with Gasteiger partial charge in [-0.1, -0.05) is 6.92 Å². The van der Waals surface area contributed by atoms with Crippen LogP contribution in [0.25, 0.3) is 4.85 Å². The van der Waals surface area contributed by atoms with Gasteiger partial charge in [-0.05, 0) is 13.8 Å². The average molecular weight is 155 g/mol. The van der Waals surface area contributed by atoms with Gasteiger partial charge in [0, 0.05) is 19.4 Å². The lowest BCUT2D eigenvalue weighted by Gasteiger charge is -2.11. The molecule has 0 bridgehead atoms. The van der Waals surface area contributed by atoms with E-state index in [0.29, 0.717) is 0 Å². The summed E-state index contributed by atoms with van der Waals surface area (Å²) in [5, 5.41) is 0. The molecule has 0 spiro atoms. The van der Waals surface area contributed by atoms with Crippen LogP contribution in [0, 0.1) is 6.57 Å². The predicted octanol–water partition coefficient (Wildman–Crippen LogP) is 2.50. The Labute approximate surface area is 69.4 Å². The molecule has 0 saturated carbocycles. The molecule has 0 aromatic carbocycles. The zero-order valence-corrected chi connectivity index (χ0v) is 7.63. The molecule has 0 aromatic rings. The minimum atomic E-state index is 0.150. The maximum absolute atomic E-state index is 6.85. The van der Waals surface area contributed by atoms with Gasteiger partial charge in [0.25, 0.3) is 0 Å². The Balaban J connectivity index is 3.55. The molecule has 0 saturated heterocycles. The van der Waals surface area contributed by atoms with Crippen molar-refractivity contribution in [1.82, 2.24) is 0 Å². The van der Waals surface area contributed by atoms with Gasteiger partial charge < -0.3 is 9.58 Å². The van der Waals surface area contributed by atoms with E-state index in [4.69, 9.17) is 11.3 Å². The van der Waals surface area contributed by atoms with Crippen LogP contribution in [-0.4, -0.2) is 18.8 Å². The zero-order chi connectivity index (χ0) is 8.69. The van der Waals surface area contributed by atoms with Crippen LogP contribution in [0.1, 0.15) is 33.6 Å². The molecule has 11 heavy (non-hydrogen) atoms. The van der Waals surface area contributed by atoms with E-state index in [-0.39, 0.29) is 12.1 Å². The van der Waals surface area contributed by atoms with Crippen molar-refractivity contribution in [3.05, 3.63) is 11.4 Å². The second-order valence-electron chi connectivity index (χ2n) is 2.69. The molecule has 0 radical (unpaired) electrons. The van der Waals surface area contributed by atoms with E-state index < -0.39 is 0 Å². The Morgan fingerprint density at radius 2 is 2.09 bits per heavy atom. The summed E-state index contributed by atoms with van der Waals surface area (Å²) in [6, 6.07) is 0.150. The van der Waals surface area contributed by atoms with Crippen molar-refractivity contribution in [3.8, 4) is 0 Å². The summed E-state index contributed by atoms with van der Waals surface area (Å²) in [5.41, 5.74) is 0. The lowest BCUT2D eigenvalue weighted by Crippen LogP contribution is -2.15. The molecule has 0 amide bonds. The van der Waals surface area contributed by atoms with E-state index in [0.717, 1.165) is 19.4 Å². The quantitative estimate of drug-likeness (QED) is 0.556. The molecule has 0 N–H and O–H groups in total. The Morgan fingerprint density at radius 1 is 1.45 bits per heavy atom. The molecule has 0 aliphatic rings. The van der Waals surface area contributed by atoms with Crippen LogP contribution in [0.3, 0.4) is 0 Å². The Hall–Kier alpha value is -0.550. The third kappa shape index (κ3) is 4.80. The minimum Gasteiger partial charge on any atom is -0.378 e. The van der Waals surface area contributed by atoms with Crippen molar-refractivity contribution in [2.24, 2.45) is 0 Å². The summed E-state index contributed by atoms with van der Waals surface area (Å²) in [6.45, 7) is 13.7. The van der Waals surface area contributed by atoms with Gasteiger partial charge in [-0.15, -0.1) is 0 Å². The number of hydrogen-bond donors (Lipinski definition) is 0. The van der Waals surface area contributed by atoms with Gasteiger partial charge in [-0.25, -0.2) is 6.57 Å². The highest BCUT2D eigenvalue weighted by molar-refractivity contribution is 4.78. The van der Waals surface area contributed by atoms with Crippen LogP contribution in [-0.2, 0) is 4.74 Å². The fourth-order valence-electron chi connectivity index (χ4n) is 1.05. The first-order chi connectivity index (χ1) is 5.24. The molecule has 0 fully saturated rings. The number of rotatable bonds is 5. The lowest BCUT2D eigenvalue weighted by atomic mass is 10.1. The highest BCUT2D eigenvalue weighted by atomic mass is 16.5. The first kappa shape index (κ1) is 10.4. The van der Waals surface area contributed by atoms with Crippen molar-refractivity contribution in [1.29, 1.82) is 0 Å². The van der Waals surface area contributed by atoms with Crippen molar-refractivity contribution in [2.75, 3.05) is 6.61 Å². The molecule has 64 valence electrons. The molecule has 0 aliphatic heterocycles. The highest BCUT2D eigenvalue weighted by Crippen LogP contribution is 2.08. The Bertz CT molecular complexity index is 128. The van der Waals surface area contributed by atoms with Gasteiger partial charge in [0.2, 0.25) is 6.04 Å². The summed E-state index contributed by atoms with van der Waals surface area (Å²) in [6.07, 6.45) is 2.04. The van der Waals surface area contributed by atoms with Gasteiger partial charge in [-0.3, -0.25) is 0 Å². The fourth-order valence-corrected chi connectivity index (χ4v) is 1.05. The van der Waals surface area contributed by atoms with E-state index in [1.807, 2.05) is 20.8 Å². The van der Waals surface area contributed by atoms with E-state index in [2.05, 4.69) is 4.85 Å². The molecular formula is C9H17NO. The summed E-state index contributed by atoms with van der Waals surface area (Å²) >= 11 is 0. The molecule has 2 unspecified atom stereocenters. The van der Waals surface area contributed by atoms with Crippen LogP contribution >= 0.6 is 0 Å². The highest BCUT2D eigenvalue weighted by Gasteiger charge is 2.14. The fraction of sp³-hybridized carbons (Fsp3) is 0.889. The SMILES string of the molecule is [C-]#[N+]C(CC)CC(C)OCC. The maximum atomic E-state index is 6.85. The van der Waals surface area contributed by atoms with Gasteiger partial charge >= 0.3 is 0 Å². The van der Waals surface area contributed by atoms with E-state index in [1.54, 1.807) is 0 Å². The third-order valence-electron chi connectivity index (χ3n) is 1.71. The lowest BCUT2D eigenvalue weighted by molar-refractivity contribution is 0.0675. The molecule has 2 atom stereocenters. The largest absolute Gasteiger partial charge is 0.378 e. The Morgan fingerprint density at radius 3 is 2.45 bits per heavy atom. The van der Waals surface area contributed by atoms with Crippen LogP contribution in [0.2, 0.25) is 0 Å². The van der Waals surface area contributed by atoms with Crippen LogP contribution in [0.4, 0.5) is 0 Å². The molecule has 2 heteroatoms. The van der Waals surface area contributed by atoms with Crippen molar-refractivity contribution in [3.63, 3.8) is 0 Å². The number of ether oxygens (including phenoxy) is 1. The number of hydrogen-bond acceptors (Lipinski definition) is 1. The van der Waals surface area contributed by atoms with Gasteiger partial charge in [0.15, 0.2) is 0 Å². The van der Waals surface area contributed by atoms with Gasteiger partial charge in [0.1, 0.15) is 0 Å². The predicted molar refractivity (Wildman–Crippen MR) is 46.4 cm³/mol. The first-order valence-electron chi connectivity index (χ1n) is 4.22. The second-order valence-corrected chi connectivity index (χ2v) is 2.69.